The van der Waals surface area contributed by atoms with Gasteiger partial charge in [-0.05, 0) is 65.9 Å². The number of halogens is 1. The molecule has 1 N–H and O–H groups in total. The summed E-state index contributed by atoms with van der Waals surface area (Å²) in [7, 11) is 1.66. The SMILES string of the molecule is COc1ccc2[nH]cc(/C=c3\sc4n(c3=O)C(c3ccc(Cl)cc3)C3=C(N=4)c4ccccc4CC3)c2c1. The average molecular weight is 524 g/mol. The second-order valence-electron chi connectivity index (χ2n) is 9.32. The van der Waals surface area contributed by atoms with Crippen LogP contribution in [0, 0.1) is 0 Å². The highest BCUT2D eigenvalue weighted by Crippen LogP contribution is 2.41. The molecule has 0 spiro atoms. The number of allylic oxidation sites excluding steroid dienone is 1. The maximum absolute atomic E-state index is 14.0. The smallest absolute Gasteiger partial charge is 0.271 e. The minimum absolute atomic E-state index is 0.0358. The molecule has 1 aliphatic carbocycles. The van der Waals surface area contributed by atoms with Crippen LogP contribution in [0.4, 0.5) is 0 Å². The first-order valence-electron chi connectivity index (χ1n) is 12.1. The van der Waals surface area contributed by atoms with Crippen molar-refractivity contribution in [3.05, 3.63) is 125 Å². The number of hydrogen-bond acceptors (Lipinski definition) is 4. The predicted molar refractivity (Wildman–Crippen MR) is 149 cm³/mol. The van der Waals surface area contributed by atoms with Crippen LogP contribution in [0.2, 0.25) is 5.02 Å². The van der Waals surface area contributed by atoms with Crippen molar-refractivity contribution in [3.8, 4) is 5.75 Å². The number of hydrogen-bond donors (Lipinski definition) is 1. The lowest BCUT2D eigenvalue weighted by molar-refractivity contribution is 0.415. The van der Waals surface area contributed by atoms with E-state index in [4.69, 9.17) is 21.3 Å². The summed E-state index contributed by atoms with van der Waals surface area (Å²) in [6.07, 6.45) is 5.67. The van der Waals surface area contributed by atoms with Crippen molar-refractivity contribution in [1.29, 1.82) is 0 Å². The third-order valence-electron chi connectivity index (χ3n) is 7.27. The van der Waals surface area contributed by atoms with Gasteiger partial charge in [-0.25, -0.2) is 4.99 Å². The van der Waals surface area contributed by atoms with Crippen molar-refractivity contribution >= 4 is 45.6 Å². The van der Waals surface area contributed by atoms with Crippen molar-refractivity contribution in [2.75, 3.05) is 7.11 Å². The Morgan fingerprint density at radius 1 is 1.11 bits per heavy atom. The van der Waals surface area contributed by atoms with Gasteiger partial charge in [0.05, 0.1) is 23.4 Å². The van der Waals surface area contributed by atoms with E-state index in [0.717, 1.165) is 51.9 Å². The van der Waals surface area contributed by atoms with E-state index >= 15 is 0 Å². The molecule has 0 saturated heterocycles. The van der Waals surface area contributed by atoms with E-state index in [1.165, 1.54) is 22.5 Å². The van der Waals surface area contributed by atoms with E-state index in [0.29, 0.717) is 14.4 Å². The van der Waals surface area contributed by atoms with Gasteiger partial charge in [-0.2, -0.15) is 0 Å². The second kappa shape index (κ2) is 8.61. The van der Waals surface area contributed by atoms with Gasteiger partial charge in [0.15, 0.2) is 4.80 Å². The normalized spacial score (nSPS) is 16.8. The average Bonchev–Trinajstić information content (AvgIpc) is 3.47. The number of benzene rings is 3. The molecule has 7 rings (SSSR count). The molecule has 182 valence electrons. The lowest BCUT2D eigenvalue weighted by Gasteiger charge is -2.30. The molecule has 1 aliphatic heterocycles. The third kappa shape index (κ3) is 3.59. The van der Waals surface area contributed by atoms with Gasteiger partial charge in [0.25, 0.3) is 5.56 Å². The Bertz CT molecular complexity index is 1910. The number of aromatic amines is 1. The summed E-state index contributed by atoms with van der Waals surface area (Å²) >= 11 is 7.66. The molecule has 0 fully saturated rings. The molecule has 0 bridgehead atoms. The molecule has 5 nitrogen and oxygen atoms in total. The van der Waals surface area contributed by atoms with E-state index < -0.39 is 0 Å². The van der Waals surface area contributed by atoms with Crippen molar-refractivity contribution in [3.63, 3.8) is 0 Å². The second-order valence-corrected chi connectivity index (χ2v) is 10.8. The monoisotopic (exact) mass is 523 g/mol. The van der Waals surface area contributed by atoms with Gasteiger partial charge in [0.1, 0.15) is 5.75 Å². The van der Waals surface area contributed by atoms with Crippen molar-refractivity contribution in [2.45, 2.75) is 18.9 Å². The Hall–Kier alpha value is -3.87. The minimum atomic E-state index is -0.220. The zero-order valence-electron chi connectivity index (χ0n) is 20.0. The Morgan fingerprint density at radius 2 is 1.95 bits per heavy atom. The number of fused-ring (bicyclic) bond motifs is 4. The molecular formula is C30H22ClN3O2S. The first-order valence-corrected chi connectivity index (χ1v) is 13.3. The first-order chi connectivity index (χ1) is 18.1. The summed E-state index contributed by atoms with van der Waals surface area (Å²) < 4.78 is 7.93. The van der Waals surface area contributed by atoms with Crippen LogP contribution in [-0.4, -0.2) is 16.7 Å². The molecule has 3 heterocycles. The molecule has 0 radical (unpaired) electrons. The number of nitrogens with one attached hydrogen (secondary N) is 1. The van der Waals surface area contributed by atoms with Gasteiger partial charge >= 0.3 is 0 Å². The highest BCUT2D eigenvalue weighted by molar-refractivity contribution is 7.07. The number of aryl methyl sites for hydroxylation is 1. The fourth-order valence-electron chi connectivity index (χ4n) is 5.48. The summed E-state index contributed by atoms with van der Waals surface area (Å²) in [5, 5.41) is 1.68. The number of nitrogens with zero attached hydrogens (tertiary/aromatic N) is 2. The minimum Gasteiger partial charge on any atom is -0.497 e. The molecule has 0 amide bonds. The standard InChI is InChI=1S/C30H22ClN3O2S/c1-36-21-11-13-25-24(15-21)19(16-32-25)14-26-29(35)34-28(18-6-9-20(31)10-7-18)23-12-8-17-4-2-3-5-22(17)27(23)33-30(34)37-26/h2-7,9-11,13-16,28,32H,8,12H2,1H3/b26-14-. The van der Waals surface area contributed by atoms with Gasteiger partial charge in [0, 0.05) is 33.2 Å². The van der Waals surface area contributed by atoms with Gasteiger partial charge in [0.2, 0.25) is 0 Å². The van der Waals surface area contributed by atoms with Crippen LogP contribution in [0.25, 0.3) is 22.7 Å². The fourth-order valence-corrected chi connectivity index (χ4v) is 6.59. The number of H-pyrrole nitrogens is 1. The Kier molecular flexibility index (Phi) is 5.20. The zero-order chi connectivity index (χ0) is 25.1. The molecule has 37 heavy (non-hydrogen) atoms. The highest BCUT2D eigenvalue weighted by atomic mass is 35.5. The summed E-state index contributed by atoms with van der Waals surface area (Å²) in [6.45, 7) is 0. The quantitative estimate of drug-likeness (QED) is 0.341. The lowest BCUT2D eigenvalue weighted by Crippen LogP contribution is -2.38. The first kappa shape index (κ1) is 22.3. The van der Waals surface area contributed by atoms with Crippen molar-refractivity contribution in [1.82, 2.24) is 9.55 Å². The third-order valence-corrected chi connectivity index (χ3v) is 8.50. The lowest BCUT2D eigenvalue weighted by atomic mass is 9.83. The topological polar surface area (TPSA) is 59.4 Å². The number of aromatic nitrogens is 2. The molecule has 2 aromatic heterocycles. The molecule has 1 atom stereocenters. The van der Waals surface area contributed by atoms with E-state index in [2.05, 4.69) is 29.2 Å². The largest absolute Gasteiger partial charge is 0.497 e. The van der Waals surface area contributed by atoms with Gasteiger partial charge in [-0.3, -0.25) is 9.36 Å². The van der Waals surface area contributed by atoms with E-state index in [9.17, 15) is 4.79 Å². The Labute approximate surface area is 221 Å². The number of thiazole rings is 1. The number of ether oxygens (including phenoxy) is 1. The molecule has 5 aromatic rings. The maximum atomic E-state index is 14.0. The zero-order valence-corrected chi connectivity index (χ0v) is 21.6. The van der Waals surface area contributed by atoms with E-state index in [1.54, 1.807) is 7.11 Å². The fraction of sp³-hybridized carbons (Fsp3) is 0.133. The van der Waals surface area contributed by atoms with Gasteiger partial charge < -0.3 is 9.72 Å². The number of methoxy groups -OCH3 is 1. The molecule has 2 aliphatic rings. The van der Waals surface area contributed by atoms with Crippen LogP contribution in [-0.2, 0) is 6.42 Å². The summed E-state index contributed by atoms with van der Waals surface area (Å²) in [5.41, 5.74) is 7.56. The predicted octanol–water partition coefficient (Wildman–Crippen LogP) is 5.46. The Morgan fingerprint density at radius 3 is 2.78 bits per heavy atom. The van der Waals surface area contributed by atoms with Crippen LogP contribution in [0.1, 0.15) is 34.7 Å². The molecule has 3 aromatic carbocycles. The van der Waals surface area contributed by atoms with Crippen molar-refractivity contribution < 1.29 is 4.74 Å². The van der Waals surface area contributed by atoms with E-state index in [-0.39, 0.29) is 11.6 Å². The number of rotatable bonds is 3. The molecular weight excluding hydrogens is 502 g/mol. The van der Waals surface area contributed by atoms with Crippen LogP contribution in [0.3, 0.4) is 0 Å². The summed E-state index contributed by atoms with van der Waals surface area (Å²) in [5.74, 6) is 0.775. The van der Waals surface area contributed by atoms with Crippen LogP contribution in [0.15, 0.2) is 88.3 Å². The van der Waals surface area contributed by atoms with Gasteiger partial charge in [-0.15, -0.1) is 0 Å². The van der Waals surface area contributed by atoms with Gasteiger partial charge in [-0.1, -0.05) is 59.3 Å². The van der Waals surface area contributed by atoms with Crippen LogP contribution in [0.5, 0.6) is 5.75 Å². The van der Waals surface area contributed by atoms with E-state index in [1.807, 2.05) is 59.3 Å². The Balaban J connectivity index is 1.48. The molecule has 0 saturated carbocycles. The van der Waals surface area contributed by atoms with Crippen molar-refractivity contribution in [2.24, 2.45) is 4.99 Å². The highest BCUT2D eigenvalue weighted by Gasteiger charge is 2.32. The maximum Gasteiger partial charge on any atom is 0.271 e. The van der Waals surface area contributed by atoms with Crippen LogP contribution < -0.4 is 19.6 Å². The summed E-state index contributed by atoms with van der Waals surface area (Å²) in [6, 6.07) is 21.9. The molecule has 1 unspecified atom stereocenters. The molecule has 7 heteroatoms. The summed E-state index contributed by atoms with van der Waals surface area (Å²) in [4.78, 5) is 23.1. The van der Waals surface area contributed by atoms with Crippen LogP contribution >= 0.6 is 22.9 Å².